The van der Waals surface area contributed by atoms with Crippen LogP contribution in [0.4, 0.5) is 4.39 Å². The molecule has 0 saturated carbocycles. The Morgan fingerprint density at radius 1 is 1.10 bits per heavy atom. The summed E-state index contributed by atoms with van der Waals surface area (Å²) >= 11 is 5.77. The van der Waals surface area contributed by atoms with E-state index < -0.39 is 5.82 Å². The maximum atomic E-state index is 13.8. The third-order valence-corrected chi connectivity index (χ3v) is 3.38. The minimum Gasteiger partial charge on any atom is -0.488 e. The molecule has 0 saturated heterocycles. The van der Waals surface area contributed by atoms with E-state index >= 15 is 0 Å². The van der Waals surface area contributed by atoms with Crippen LogP contribution >= 0.6 is 11.6 Å². The third kappa shape index (κ3) is 4.45. The van der Waals surface area contributed by atoms with Crippen LogP contribution in [0.3, 0.4) is 0 Å². The van der Waals surface area contributed by atoms with E-state index in [1.54, 1.807) is 12.1 Å². The minimum absolute atomic E-state index is 0.117. The highest BCUT2D eigenvalue weighted by atomic mass is 35.5. The summed E-state index contributed by atoms with van der Waals surface area (Å²) in [4.78, 5) is 0. The normalized spacial score (nSPS) is 10.9. The van der Waals surface area contributed by atoms with Crippen LogP contribution in [0, 0.1) is 5.82 Å². The molecule has 0 unspecified atom stereocenters. The van der Waals surface area contributed by atoms with Gasteiger partial charge in [-0.3, -0.25) is 0 Å². The van der Waals surface area contributed by atoms with Gasteiger partial charge in [0.25, 0.3) is 0 Å². The Morgan fingerprint density at radius 3 is 2.57 bits per heavy atom. The minimum atomic E-state index is -0.419. The lowest BCUT2D eigenvalue weighted by atomic mass is 10.2. The summed E-state index contributed by atoms with van der Waals surface area (Å²) in [6.07, 6.45) is 0. The van der Waals surface area contributed by atoms with E-state index in [0.29, 0.717) is 18.2 Å². The molecule has 2 aromatic carbocycles. The lowest BCUT2D eigenvalue weighted by Crippen LogP contribution is -2.22. The van der Waals surface area contributed by atoms with Crippen molar-refractivity contribution in [2.45, 2.75) is 33.0 Å². The van der Waals surface area contributed by atoms with Gasteiger partial charge in [0, 0.05) is 23.7 Å². The van der Waals surface area contributed by atoms with E-state index in [2.05, 4.69) is 19.2 Å². The highest BCUT2D eigenvalue weighted by Gasteiger charge is 2.08. The first kappa shape index (κ1) is 15.8. The van der Waals surface area contributed by atoms with Gasteiger partial charge >= 0.3 is 0 Å². The van der Waals surface area contributed by atoms with Crippen molar-refractivity contribution in [2.24, 2.45) is 0 Å². The molecule has 0 radical (unpaired) electrons. The second kappa shape index (κ2) is 7.43. The zero-order valence-corrected chi connectivity index (χ0v) is 13.0. The van der Waals surface area contributed by atoms with E-state index in [1.165, 1.54) is 6.07 Å². The Labute approximate surface area is 129 Å². The van der Waals surface area contributed by atoms with Crippen LogP contribution in [-0.2, 0) is 13.2 Å². The quantitative estimate of drug-likeness (QED) is 0.845. The van der Waals surface area contributed by atoms with Gasteiger partial charge in [-0.05, 0) is 12.1 Å². The number of halogens is 2. The van der Waals surface area contributed by atoms with Gasteiger partial charge in [0.15, 0.2) is 0 Å². The highest BCUT2D eigenvalue weighted by Crippen LogP contribution is 2.22. The summed E-state index contributed by atoms with van der Waals surface area (Å²) in [6, 6.07) is 13.1. The van der Waals surface area contributed by atoms with Crippen LogP contribution in [0.25, 0.3) is 0 Å². The van der Waals surface area contributed by atoms with Crippen LogP contribution in [0.1, 0.15) is 25.0 Å². The first-order chi connectivity index (χ1) is 10.1. The summed E-state index contributed by atoms with van der Waals surface area (Å²) in [7, 11) is 0. The molecular weight excluding hydrogens is 289 g/mol. The number of ether oxygens (including phenoxy) is 1. The molecule has 0 aromatic heterocycles. The van der Waals surface area contributed by atoms with E-state index in [9.17, 15) is 4.39 Å². The van der Waals surface area contributed by atoms with E-state index in [0.717, 1.165) is 11.3 Å². The largest absolute Gasteiger partial charge is 0.488 e. The molecule has 4 heteroatoms. The van der Waals surface area contributed by atoms with Gasteiger partial charge in [0.05, 0.1) is 5.02 Å². The van der Waals surface area contributed by atoms with E-state index in [-0.39, 0.29) is 11.6 Å². The number of nitrogens with one attached hydrogen (secondary N) is 1. The number of benzene rings is 2. The van der Waals surface area contributed by atoms with Crippen molar-refractivity contribution in [2.75, 3.05) is 0 Å². The number of hydrogen-bond donors (Lipinski definition) is 1. The van der Waals surface area contributed by atoms with E-state index in [1.807, 2.05) is 24.3 Å². The molecule has 0 fully saturated rings. The molecule has 0 aliphatic rings. The fraction of sp³-hybridized carbons (Fsp3) is 0.294. The Hall–Kier alpha value is -1.58. The van der Waals surface area contributed by atoms with Crippen molar-refractivity contribution in [3.05, 3.63) is 64.4 Å². The zero-order valence-electron chi connectivity index (χ0n) is 12.2. The molecule has 0 spiro atoms. The Balaban J connectivity index is 2.07. The lowest BCUT2D eigenvalue weighted by Gasteiger charge is -2.14. The van der Waals surface area contributed by atoms with Gasteiger partial charge in [0.2, 0.25) is 0 Å². The molecule has 0 bridgehead atoms. The molecule has 21 heavy (non-hydrogen) atoms. The Kier molecular flexibility index (Phi) is 5.59. The fourth-order valence-electron chi connectivity index (χ4n) is 1.92. The molecule has 0 aliphatic carbocycles. The monoisotopic (exact) mass is 307 g/mol. The predicted octanol–water partition coefficient (Wildman–Crippen LogP) is 4.56. The molecule has 0 heterocycles. The second-order valence-corrected chi connectivity index (χ2v) is 5.55. The molecule has 0 aliphatic heterocycles. The SMILES string of the molecule is CC(C)NCc1ccccc1OCc1cccc(Cl)c1F. The molecule has 1 N–H and O–H groups in total. The van der Waals surface area contributed by atoms with Gasteiger partial charge in [-0.1, -0.05) is 55.8 Å². The smallest absolute Gasteiger partial charge is 0.148 e. The topological polar surface area (TPSA) is 21.3 Å². The van der Waals surface area contributed by atoms with Crippen LogP contribution in [0.2, 0.25) is 5.02 Å². The van der Waals surface area contributed by atoms with Gasteiger partial charge in [-0.2, -0.15) is 0 Å². The Morgan fingerprint density at radius 2 is 1.81 bits per heavy atom. The summed E-state index contributed by atoms with van der Waals surface area (Å²) in [6.45, 7) is 5.05. The maximum absolute atomic E-state index is 13.8. The number of para-hydroxylation sites is 1. The molecule has 112 valence electrons. The maximum Gasteiger partial charge on any atom is 0.148 e. The average molecular weight is 308 g/mol. The van der Waals surface area contributed by atoms with Crippen LogP contribution in [0.5, 0.6) is 5.75 Å². The third-order valence-electron chi connectivity index (χ3n) is 3.09. The predicted molar refractivity (Wildman–Crippen MR) is 84.2 cm³/mol. The molecule has 2 nitrogen and oxygen atoms in total. The van der Waals surface area contributed by atoms with Crippen molar-refractivity contribution in [1.29, 1.82) is 0 Å². The van der Waals surface area contributed by atoms with Crippen molar-refractivity contribution < 1.29 is 9.13 Å². The first-order valence-electron chi connectivity index (χ1n) is 6.95. The highest BCUT2D eigenvalue weighted by molar-refractivity contribution is 6.30. The van der Waals surface area contributed by atoms with Crippen molar-refractivity contribution in [1.82, 2.24) is 5.32 Å². The van der Waals surface area contributed by atoms with Crippen LogP contribution in [0.15, 0.2) is 42.5 Å². The fourth-order valence-corrected chi connectivity index (χ4v) is 2.11. The zero-order chi connectivity index (χ0) is 15.2. The van der Waals surface area contributed by atoms with Crippen molar-refractivity contribution in [3.63, 3.8) is 0 Å². The molecule has 2 aromatic rings. The molecule has 0 atom stereocenters. The molecular formula is C17H19ClFNO. The van der Waals surface area contributed by atoms with Gasteiger partial charge in [-0.25, -0.2) is 4.39 Å². The number of hydrogen-bond acceptors (Lipinski definition) is 2. The Bertz CT molecular complexity index is 601. The van der Waals surface area contributed by atoms with E-state index in [4.69, 9.17) is 16.3 Å². The van der Waals surface area contributed by atoms with Crippen molar-refractivity contribution >= 4 is 11.6 Å². The second-order valence-electron chi connectivity index (χ2n) is 5.14. The standard InChI is InChI=1S/C17H19ClFNO/c1-12(2)20-10-13-6-3-4-9-16(13)21-11-14-7-5-8-15(18)17(14)19/h3-9,12,20H,10-11H2,1-2H3. The lowest BCUT2D eigenvalue weighted by molar-refractivity contribution is 0.295. The molecule has 2 rings (SSSR count). The summed E-state index contributed by atoms with van der Waals surface area (Å²) < 4.78 is 19.6. The number of rotatable bonds is 6. The van der Waals surface area contributed by atoms with Gasteiger partial charge in [-0.15, -0.1) is 0 Å². The van der Waals surface area contributed by atoms with Crippen molar-refractivity contribution in [3.8, 4) is 5.75 Å². The van der Waals surface area contributed by atoms with Gasteiger partial charge in [0.1, 0.15) is 18.2 Å². The van der Waals surface area contributed by atoms with Crippen LogP contribution < -0.4 is 10.1 Å². The average Bonchev–Trinajstić information content (AvgIpc) is 2.47. The van der Waals surface area contributed by atoms with Gasteiger partial charge < -0.3 is 10.1 Å². The molecule has 0 amide bonds. The summed E-state index contributed by atoms with van der Waals surface area (Å²) in [5, 5.41) is 3.46. The summed E-state index contributed by atoms with van der Waals surface area (Å²) in [5.74, 6) is 0.335. The summed E-state index contributed by atoms with van der Waals surface area (Å²) in [5.41, 5.74) is 1.50. The first-order valence-corrected chi connectivity index (χ1v) is 7.32. The van der Waals surface area contributed by atoms with Crippen LogP contribution in [-0.4, -0.2) is 6.04 Å².